The number of hydrogen-bond acceptors (Lipinski definition) is 6. The van der Waals surface area contributed by atoms with E-state index in [4.69, 9.17) is 14.5 Å². The van der Waals surface area contributed by atoms with E-state index in [1.165, 1.54) is 0 Å². The molecule has 0 bridgehead atoms. The Morgan fingerprint density at radius 1 is 0.897 bits per heavy atom. The Balaban J connectivity index is 1.33. The Kier molecular flexibility index (Phi) is 4.44. The number of hydrogen-bond donors (Lipinski definition) is 0. The molecule has 0 atom stereocenters. The van der Waals surface area contributed by atoms with Gasteiger partial charge in [0.05, 0.1) is 25.7 Å². The molecule has 29 heavy (non-hydrogen) atoms. The summed E-state index contributed by atoms with van der Waals surface area (Å²) in [5.74, 6) is 2.23. The van der Waals surface area contributed by atoms with Crippen molar-refractivity contribution >= 4 is 16.7 Å². The van der Waals surface area contributed by atoms with Gasteiger partial charge in [0.15, 0.2) is 0 Å². The average molecular weight is 384 g/mol. The van der Waals surface area contributed by atoms with Crippen LogP contribution in [0, 0.1) is 0 Å². The van der Waals surface area contributed by atoms with Gasteiger partial charge in [0.2, 0.25) is 5.88 Å². The highest BCUT2D eigenvalue weighted by atomic mass is 16.5. The zero-order valence-electron chi connectivity index (χ0n) is 16.0. The number of rotatable bonds is 5. The molecule has 0 saturated carbocycles. The van der Waals surface area contributed by atoms with Crippen LogP contribution < -0.4 is 14.4 Å². The Bertz CT molecular complexity index is 1160. The number of nitrogens with zero attached hydrogens (tertiary/aromatic N) is 4. The Morgan fingerprint density at radius 3 is 2.59 bits per heavy atom. The summed E-state index contributed by atoms with van der Waals surface area (Å²) in [6.45, 7) is 1.51. The molecule has 0 aliphatic carbocycles. The summed E-state index contributed by atoms with van der Waals surface area (Å²) < 4.78 is 11.6. The third kappa shape index (κ3) is 3.33. The highest BCUT2D eigenvalue weighted by Crippen LogP contribution is 2.34. The average Bonchev–Trinajstić information content (AvgIpc) is 2.76. The van der Waals surface area contributed by atoms with Crippen LogP contribution in [-0.2, 0) is 0 Å². The minimum Gasteiger partial charge on any atom is -0.496 e. The van der Waals surface area contributed by atoms with Gasteiger partial charge < -0.3 is 14.4 Å². The molecule has 0 unspecified atom stereocenters. The SMILES string of the molecule is COc1ccccc1-c1nccnc1OC1CN(c2ccc3ccccc3n2)C1. The monoisotopic (exact) mass is 384 g/mol. The van der Waals surface area contributed by atoms with Crippen LogP contribution in [0.3, 0.4) is 0 Å². The molecule has 4 aromatic rings. The summed E-state index contributed by atoms with van der Waals surface area (Å²) in [7, 11) is 1.65. The molecule has 1 aliphatic rings. The number of fused-ring (bicyclic) bond motifs is 1. The third-order valence-corrected chi connectivity index (χ3v) is 5.06. The minimum atomic E-state index is 0.0356. The fraction of sp³-hybridized carbons (Fsp3) is 0.174. The molecule has 6 heteroatoms. The lowest BCUT2D eigenvalue weighted by atomic mass is 10.1. The molecule has 144 valence electrons. The first-order valence-corrected chi connectivity index (χ1v) is 9.53. The van der Waals surface area contributed by atoms with E-state index in [0.717, 1.165) is 41.1 Å². The maximum Gasteiger partial charge on any atom is 0.241 e. The standard InChI is InChI=1S/C23H20N4O2/c1-28-20-9-5-3-7-18(20)22-23(25-13-12-24-22)29-17-14-27(15-17)21-11-10-16-6-2-4-8-19(16)26-21/h2-13,17H,14-15H2,1H3. The summed E-state index contributed by atoms with van der Waals surface area (Å²) in [6.07, 6.45) is 3.35. The van der Waals surface area contributed by atoms with Crippen LogP contribution in [0.15, 0.2) is 73.1 Å². The van der Waals surface area contributed by atoms with Crippen molar-refractivity contribution in [3.05, 3.63) is 73.1 Å². The smallest absolute Gasteiger partial charge is 0.241 e. The number of benzene rings is 2. The van der Waals surface area contributed by atoms with Gasteiger partial charge in [-0.1, -0.05) is 30.3 Å². The van der Waals surface area contributed by atoms with Crippen molar-refractivity contribution in [1.29, 1.82) is 0 Å². The molecule has 6 nitrogen and oxygen atoms in total. The molecule has 1 fully saturated rings. The molecule has 0 spiro atoms. The fourth-order valence-electron chi connectivity index (χ4n) is 3.53. The van der Waals surface area contributed by atoms with Gasteiger partial charge in [-0.25, -0.2) is 15.0 Å². The molecule has 5 rings (SSSR count). The molecular weight excluding hydrogens is 364 g/mol. The summed E-state index contributed by atoms with van der Waals surface area (Å²) in [5.41, 5.74) is 2.56. The quantitative estimate of drug-likeness (QED) is 0.519. The molecule has 0 radical (unpaired) electrons. The van der Waals surface area contributed by atoms with Crippen molar-refractivity contribution < 1.29 is 9.47 Å². The fourth-order valence-corrected chi connectivity index (χ4v) is 3.53. The van der Waals surface area contributed by atoms with E-state index in [1.54, 1.807) is 19.5 Å². The molecule has 3 heterocycles. The maximum atomic E-state index is 6.18. The van der Waals surface area contributed by atoms with E-state index in [1.807, 2.05) is 42.5 Å². The lowest BCUT2D eigenvalue weighted by Crippen LogP contribution is -2.54. The van der Waals surface area contributed by atoms with Crippen molar-refractivity contribution in [2.75, 3.05) is 25.1 Å². The first-order chi connectivity index (χ1) is 14.3. The molecular formula is C23H20N4O2. The van der Waals surface area contributed by atoms with Crippen molar-refractivity contribution in [1.82, 2.24) is 15.0 Å². The van der Waals surface area contributed by atoms with Crippen LogP contribution in [-0.4, -0.2) is 41.3 Å². The van der Waals surface area contributed by atoms with Gasteiger partial charge in [-0.3, -0.25) is 0 Å². The number of methoxy groups -OCH3 is 1. The lowest BCUT2D eigenvalue weighted by Gasteiger charge is -2.39. The van der Waals surface area contributed by atoms with E-state index >= 15 is 0 Å². The summed E-state index contributed by atoms with van der Waals surface area (Å²) in [4.78, 5) is 15.9. The van der Waals surface area contributed by atoms with Crippen LogP contribution in [0.2, 0.25) is 0 Å². The Hall–Kier alpha value is -3.67. The third-order valence-electron chi connectivity index (χ3n) is 5.06. The zero-order valence-corrected chi connectivity index (χ0v) is 16.0. The second kappa shape index (κ2) is 7.39. The highest BCUT2D eigenvalue weighted by Gasteiger charge is 2.31. The van der Waals surface area contributed by atoms with Gasteiger partial charge >= 0.3 is 0 Å². The number of aromatic nitrogens is 3. The van der Waals surface area contributed by atoms with Crippen molar-refractivity contribution in [3.63, 3.8) is 0 Å². The zero-order chi connectivity index (χ0) is 19.6. The molecule has 0 N–H and O–H groups in total. The predicted octanol–water partition coefficient (Wildman–Crippen LogP) is 3.97. The van der Waals surface area contributed by atoms with Gasteiger partial charge in [-0.15, -0.1) is 0 Å². The van der Waals surface area contributed by atoms with Crippen LogP contribution in [0.1, 0.15) is 0 Å². The van der Waals surface area contributed by atoms with Gasteiger partial charge in [-0.05, 0) is 30.3 Å². The number of para-hydroxylation sites is 2. The van der Waals surface area contributed by atoms with Crippen molar-refractivity contribution in [2.24, 2.45) is 0 Å². The summed E-state index contributed by atoms with van der Waals surface area (Å²) >= 11 is 0. The van der Waals surface area contributed by atoms with Gasteiger partial charge in [0.25, 0.3) is 0 Å². The summed E-state index contributed by atoms with van der Waals surface area (Å²) in [5, 5.41) is 1.14. The first kappa shape index (κ1) is 17.4. The second-order valence-corrected chi connectivity index (χ2v) is 6.92. The topological polar surface area (TPSA) is 60.4 Å². The normalized spacial score (nSPS) is 13.9. The van der Waals surface area contributed by atoms with Gasteiger partial charge in [0.1, 0.15) is 23.4 Å². The van der Waals surface area contributed by atoms with E-state index in [-0.39, 0.29) is 6.10 Å². The Morgan fingerprint density at radius 2 is 1.69 bits per heavy atom. The van der Waals surface area contributed by atoms with E-state index in [0.29, 0.717) is 11.6 Å². The number of ether oxygens (including phenoxy) is 2. The van der Waals surface area contributed by atoms with Crippen LogP contribution >= 0.6 is 0 Å². The van der Waals surface area contributed by atoms with Crippen molar-refractivity contribution in [2.45, 2.75) is 6.10 Å². The van der Waals surface area contributed by atoms with E-state index < -0.39 is 0 Å². The highest BCUT2D eigenvalue weighted by molar-refractivity contribution is 5.80. The Labute approximate surface area is 168 Å². The largest absolute Gasteiger partial charge is 0.496 e. The lowest BCUT2D eigenvalue weighted by molar-refractivity contribution is 0.160. The molecule has 1 saturated heterocycles. The second-order valence-electron chi connectivity index (χ2n) is 6.92. The minimum absolute atomic E-state index is 0.0356. The van der Waals surface area contributed by atoms with E-state index in [2.05, 4.69) is 33.1 Å². The maximum absolute atomic E-state index is 6.18. The molecule has 2 aromatic heterocycles. The number of anilines is 1. The molecule has 0 amide bonds. The van der Waals surface area contributed by atoms with E-state index in [9.17, 15) is 0 Å². The number of pyridine rings is 1. The molecule has 2 aromatic carbocycles. The predicted molar refractivity (Wildman–Crippen MR) is 112 cm³/mol. The van der Waals surface area contributed by atoms with Crippen molar-refractivity contribution in [3.8, 4) is 22.9 Å². The van der Waals surface area contributed by atoms with Crippen LogP contribution in [0.5, 0.6) is 11.6 Å². The van der Waals surface area contributed by atoms with Gasteiger partial charge in [0, 0.05) is 23.3 Å². The van der Waals surface area contributed by atoms with Gasteiger partial charge in [-0.2, -0.15) is 0 Å². The van der Waals surface area contributed by atoms with Crippen LogP contribution in [0.25, 0.3) is 22.2 Å². The summed E-state index contributed by atoms with van der Waals surface area (Å²) in [6, 6.07) is 20.0. The van der Waals surface area contributed by atoms with Crippen LogP contribution in [0.4, 0.5) is 5.82 Å². The molecule has 1 aliphatic heterocycles. The first-order valence-electron chi connectivity index (χ1n) is 9.53.